The fraction of sp³-hybridized carbons (Fsp3) is 0.200. The normalized spacial score (nSPS) is 11.1. The van der Waals surface area contributed by atoms with Gasteiger partial charge in [0.2, 0.25) is 0 Å². The van der Waals surface area contributed by atoms with Crippen LogP contribution in [-0.4, -0.2) is 13.6 Å². The maximum atomic E-state index is 3.89. The predicted octanol–water partition coefficient (Wildman–Crippen LogP) is 2.33. The molecule has 0 N–H and O–H groups in total. The van der Waals surface area contributed by atoms with Crippen molar-refractivity contribution in [3.63, 3.8) is 0 Å². The van der Waals surface area contributed by atoms with Gasteiger partial charge in [-0.1, -0.05) is 0 Å². The standard InChI is InChI=1S/C10H14As/c1-4-11(2,3)10-8-6-5-7-9-10/h4-9H,1H2,2-3H3. The molecule has 0 aliphatic carbocycles. The fourth-order valence-electron chi connectivity index (χ4n) is 0.918. The minimum atomic E-state index is -1.62. The van der Waals surface area contributed by atoms with Crippen molar-refractivity contribution in [2.75, 3.05) is 0 Å². The predicted molar refractivity (Wildman–Crippen MR) is 53.8 cm³/mol. The van der Waals surface area contributed by atoms with E-state index in [1.165, 1.54) is 4.35 Å². The quantitative estimate of drug-likeness (QED) is 0.656. The summed E-state index contributed by atoms with van der Waals surface area (Å²) in [5.41, 5.74) is 4.67. The summed E-state index contributed by atoms with van der Waals surface area (Å²) in [6.07, 6.45) is 0. The van der Waals surface area contributed by atoms with Crippen molar-refractivity contribution < 1.29 is 0 Å². The van der Waals surface area contributed by atoms with Crippen LogP contribution >= 0.6 is 0 Å². The van der Waals surface area contributed by atoms with Crippen LogP contribution in [-0.2, 0) is 0 Å². The summed E-state index contributed by atoms with van der Waals surface area (Å²) >= 11 is -1.62. The molecule has 1 radical (unpaired) electrons. The molecule has 0 spiro atoms. The number of hydrogen-bond acceptors (Lipinski definition) is 0. The Morgan fingerprint density at radius 3 is 2.18 bits per heavy atom. The Morgan fingerprint density at radius 1 is 1.18 bits per heavy atom. The van der Waals surface area contributed by atoms with Crippen molar-refractivity contribution >= 4 is 17.9 Å². The molecule has 0 aromatic heterocycles. The average molecular weight is 209 g/mol. The van der Waals surface area contributed by atoms with Gasteiger partial charge in [-0.2, -0.15) is 0 Å². The molecule has 0 unspecified atom stereocenters. The molecule has 0 heterocycles. The second kappa shape index (κ2) is 3.28. The van der Waals surface area contributed by atoms with Gasteiger partial charge >= 0.3 is 71.1 Å². The van der Waals surface area contributed by atoms with Crippen LogP contribution in [0.3, 0.4) is 0 Å². The second-order valence-electron chi connectivity index (χ2n) is 3.06. The van der Waals surface area contributed by atoms with Gasteiger partial charge in [0.05, 0.1) is 0 Å². The van der Waals surface area contributed by atoms with Crippen LogP contribution in [0.25, 0.3) is 0 Å². The Hall–Kier alpha value is -0.482. The van der Waals surface area contributed by atoms with Crippen LogP contribution in [0.4, 0.5) is 0 Å². The maximum absolute atomic E-state index is 3.89. The molecule has 1 aromatic carbocycles. The van der Waals surface area contributed by atoms with Crippen molar-refractivity contribution in [2.45, 2.75) is 11.4 Å². The Bertz CT molecular complexity index is 236. The van der Waals surface area contributed by atoms with E-state index >= 15 is 0 Å². The SMILES string of the molecule is C=C[As](C)(C)c1ccccc1. The van der Waals surface area contributed by atoms with E-state index in [2.05, 4.69) is 53.2 Å². The van der Waals surface area contributed by atoms with Gasteiger partial charge in [0.1, 0.15) is 0 Å². The zero-order chi connectivity index (χ0) is 8.32. The van der Waals surface area contributed by atoms with Gasteiger partial charge in [-0.3, -0.25) is 0 Å². The third-order valence-electron chi connectivity index (χ3n) is 1.88. The molecular formula is C10H14As. The van der Waals surface area contributed by atoms with Gasteiger partial charge in [-0.05, 0) is 0 Å². The molecule has 1 rings (SSSR count). The van der Waals surface area contributed by atoms with Gasteiger partial charge in [-0.25, -0.2) is 0 Å². The molecule has 0 fully saturated rings. The number of hydrogen-bond donors (Lipinski definition) is 0. The molecule has 0 aliphatic heterocycles. The van der Waals surface area contributed by atoms with Crippen LogP contribution in [0.5, 0.6) is 0 Å². The van der Waals surface area contributed by atoms with E-state index in [1.807, 2.05) is 0 Å². The van der Waals surface area contributed by atoms with E-state index < -0.39 is 13.6 Å². The van der Waals surface area contributed by atoms with Crippen LogP contribution < -0.4 is 4.35 Å². The van der Waals surface area contributed by atoms with Gasteiger partial charge in [0, 0.05) is 0 Å². The summed E-state index contributed by atoms with van der Waals surface area (Å²) in [7, 11) is 0. The zero-order valence-corrected chi connectivity index (χ0v) is 8.99. The Balaban J connectivity index is 3.02. The van der Waals surface area contributed by atoms with Crippen molar-refractivity contribution in [3.05, 3.63) is 41.8 Å². The molecule has 0 bridgehead atoms. The van der Waals surface area contributed by atoms with Crippen molar-refractivity contribution in [1.29, 1.82) is 0 Å². The molecule has 0 saturated heterocycles. The topological polar surface area (TPSA) is 0 Å². The third kappa shape index (κ3) is 1.97. The summed E-state index contributed by atoms with van der Waals surface area (Å²) in [5.74, 6) is 0. The van der Waals surface area contributed by atoms with Gasteiger partial charge < -0.3 is 0 Å². The molecular weight excluding hydrogens is 195 g/mol. The molecule has 1 heteroatoms. The van der Waals surface area contributed by atoms with Gasteiger partial charge in [0.15, 0.2) is 0 Å². The molecule has 0 atom stereocenters. The summed E-state index contributed by atoms with van der Waals surface area (Å²) in [5, 5.41) is 0. The first kappa shape index (κ1) is 8.61. The van der Waals surface area contributed by atoms with E-state index in [0.29, 0.717) is 0 Å². The van der Waals surface area contributed by atoms with Gasteiger partial charge in [0.25, 0.3) is 0 Å². The van der Waals surface area contributed by atoms with E-state index in [1.54, 1.807) is 0 Å². The number of benzene rings is 1. The van der Waals surface area contributed by atoms with Crippen LogP contribution in [0.1, 0.15) is 0 Å². The van der Waals surface area contributed by atoms with Crippen molar-refractivity contribution in [1.82, 2.24) is 0 Å². The molecule has 59 valence electrons. The van der Waals surface area contributed by atoms with Crippen LogP contribution in [0, 0.1) is 0 Å². The van der Waals surface area contributed by atoms with E-state index in [0.717, 1.165) is 0 Å². The summed E-state index contributed by atoms with van der Waals surface area (Å²) in [6.45, 7) is 3.89. The van der Waals surface area contributed by atoms with E-state index in [-0.39, 0.29) is 0 Å². The minimum absolute atomic E-state index is 1.49. The molecule has 11 heavy (non-hydrogen) atoms. The molecule has 1 aromatic rings. The fourth-order valence-corrected chi connectivity index (χ4v) is 3.33. The summed E-state index contributed by atoms with van der Waals surface area (Å²) in [4.78, 5) is 2.15. The average Bonchev–Trinajstić information content (AvgIpc) is 2.06. The Morgan fingerprint density at radius 2 is 1.73 bits per heavy atom. The third-order valence-corrected chi connectivity index (χ3v) is 7.21. The Kier molecular flexibility index (Phi) is 2.57. The zero-order valence-electron chi connectivity index (χ0n) is 7.12. The molecule has 0 aliphatic rings. The second-order valence-corrected chi connectivity index (χ2v) is 11.4. The van der Waals surface area contributed by atoms with Crippen LogP contribution in [0.2, 0.25) is 11.4 Å². The first-order chi connectivity index (χ1) is 5.17. The van der Waals surface area contributed by atoms with Crippen LogP contribution in [0.15, 0.2) is 41.8 Å². The first-order valence-electron chi connectivity index (χ1n) is 3.70. The summed E-state index contributed by atoms with van der Waals surface area (Å²) < 4.78 is 1.49. The number of rotatable bonds is 2. The monoisotopic (exact) mass is 209 g/mol. The van der Waals surface area contributed by atoms with Crippen molar-refractivity contribution in [2.24, 2.45) is 0 Å². The van der Waals surface area contributed by atoms with E-state index in [9.17, 15) is 0 Å². The summed E-state index contributed by atoms with van der Waals surface area (Å²) in [6, 6.07) is 10.7. The molecule has 0 saturated carbocycles. The van der Waals surface area contributed by atoms with Crippen molar-refractivity contribution in [3.8, 4) is 0 Å². The first-order valence-corrected chi connectivity index (χ1v) is 9.47. The van der Waals surface area contributed by atoms with Gasteiger partial charge in [-0.15, -0.1) is 0 Å². The Labute approximate surface area is 71.4 Å². The van der Waals surface area contributed by atoms with E-state index in [4.69, 9.17) is 0 Å². The molecule has 0 nitrogen and oxygen atoms in total. The molecule has 0 amide bonds.